The Bertz CT molecular complexity index is 1010. The van der Waals surface area contributed by atoms with E-state index in [1.165, 1.54) is 19.3 Å². The minimum Gasteiger partial charge on any atom is -0.350 e. The van der Waals surface area contributed by atoms with Crippen molar-refractivity contribution in [1.82, 2.24) is 24.9 Å². The SMILES string of the molecule is C[C@H]1CNCCN1C(=O)c1cn2c(C(=O)NC[C@@H]3CC[C@H]4C[C@@H]3C4(C)C)cccc2n1. The summed E-state index contributed by atoms with van der Waals surface area (Å²) < 4.78 is 1.75. The van der Waals surface area contributed by atoms with E-state index < -0.39 is 0 Å². The monoisotopic (exact) mass is 423 g/mol. The molecule has 0 spiro atoms. The Labute approximate surface area is 183 Å². The van der Waals surface area contributed by atoms with Gasteiger partial charge in [0.05, 0.1) is 0 Å². The Hall–Kier alpha value is -2.41. The van der Waals surface area contributed by atoms with Gasteiger partial charge in [0.2, 0.25) is 0 Å². The zero-order valence-electron chi connectivity index (χ0n) is 18.7. The van der Waals surface area contributed by atoms with Gasteiger partial charge in [-0.1, -0.05) is 19.9 Å². The van der Waals surface area contributed by atoms with Crippen LogP contribution in [-0.4, -0.2) is 58.3 Å². The standard InChI is InChI=1S/C24H33N5O2/c1-15-12-25-9-10-28(15)23(31)19-14-29-20(5-4-6-21(29)27-19)22(30)26-13-16-7-8-17-11-18(16)24(17,2)3/h4-6,14-18,25H,7-13H2,1-3H3,(H,26,30)/t15-,16-,17-,18-/m0/s1. The van der Waals surface area contributed by atoms with Crippen LogP contribution in [0.5, 0.6) is 0 Å². The molecule has 0 radical (unpaired) electrons. The molecule has 0 aromatic carbocycles. The molecule has 7 heteroatoms. The van der Waals surface area contributed by atoms with Crippen LogP contribution in [0.2, 0.25) is 0 Å². The number of hydrogen-bond donors (Lipinski definition) is 2. The van der Waals surface area contributed by atoms with Crippen molar-refractivity contribution in [3.63, 3.8) is 0 Å². The molecule has 2 aromatic heterocycles. The molecular weight excluding hydrogens is 390 g/mol. The number of carbonyl (C=O) groups excluding carboxylic acids is 2. The average Bonchev–Trinajstić information content (AvgIpc) is 3.21. The van der Waals surface area contributed by atoms with Crippen molar-refractivity contribution in [2.45, 2.75) is 46.1 Å². The Balaban J connectivity index is 1.32. The van der Waals surface area contributed by atoms with E-state index in [9.17, 15) is 9.59 Å². The normalized spacial score (nSPS) is 29.5. The highest BCUT2D eigenvalue weighted by molar-refractivity contribution is 5.95. The van der Waals surface area contributed by atoms with Crippen LogP contribution in [0.4, 0.5) is 0 Å². The van der Waals surface area contributed by atoms with Crippen LogP contribution in [0.3, 0.4) is 0 Å². The van der Waals surface area contributed by atoms with Crippen LogP contribution in [-0.2, 0) is 0 Å². The molecule has 2 N–H and O–H groups in total. The molecule has 4 fully saturated rings. The van der Waals surface area contributed by atoms with Crippen molar-refractivity contribution in [3.8, 4) is 0 Å². The number of nitrogens with one attached hydrogen (secondary N) is 2. The minimum atomic E-state index is -0.100. The fraction of sp³-hybridized carbons (Fsp3) is 0.625. The summed E-state index contributed by atoms with van der Waals surface area (Å²) in [7, 11) is 0. The van der Waals surface area contributed by atoms with Gasteiger partial charge in [-0.05, 0) is 61.5 Å². The summed E-state index contributed by atoms with van der Waals surface area (Å²) in [5, 5.41) is 6.47. The first-order valence-corrected chi connectivity index (χ1v) is 11.6. The summed E-state index contributed by atoms with van der Waals surface area (Å²) in [5.41, 5.74) is 1.95. The third kappa shape index (κ3) is 3.43. The van der Waals surface area contributed by atoms with E-state index in [1.54, 1.807) is 16.7 Å². The summed E-state index contributed by atoms with van der Waals surface area (Å²) in [4.78, 5) is 32.4. The largest absolute Gasteiger partial charge is 0.350 e. The molecule has 7 nitrogen and oxygen atoms in total. The molecule has 4 aliphatic rings. The molecule has 6 rings (SSSR count). The molecule has 2 bridgehead atoms. The number of pyridine rings is 1. The fourth-order valence-corrected chi connectivity index (χ4v) is 6.11. The van der Waals surface area contributed by atoms with Crippen molar-refractivity contribution < 1.29 is 9.59 Å². The average molecular weight is 424 g/mol. The smallest absolute Gasteiger partial charge is 0.274 e. The maximum absolute atomic E-state index is 13.1. The molecule has 4 atom stereocenters. The predicted octanol–water partition coefficient (Wildman–Crippen LogP) is 2.57. The Morgan fingerprint density at radius 3 is 2.87 bits per heavy atom. The lowest BCUT2D eigenvalue weighted by Gasteiger charge is -2.60. The third-order valence-electron chi connectivity index (χ3n) is 8.23. The first-order chi connectivity index (χ1) is 14.9. The number of rotatable bonds is 4. The lowest BCUT2D eigenvalue weighted by Crippen LogP contribution is -2.54. The number of carbonyl (C=O) groups is 2. The van der Waals surface area contributed by atoms with Gasteiger partial charge in [-0.15, -0.1) is 0 Å². The van der Waals surface area contributed by atoms with Crippen LogP contribution in [0.15, 0.2) is 24.4 Å². The highest BCUT2D eigenvalue weighted by Gasteiger charge is 2.53. The third-order valence-corrected chi connectivity index (χ3v) is 8.23. The van der Waals surface area contributed by atoms with Crippen LogP contribution in [0.1, 0.15) is 61.0 Å². The molecule has 3 saturated carbocycles. The number of piperazine rings is 1. The highest BCUT2D eigenvalue weighted by Crippen LogP contribution is 2.61. The maximum atomic E-state index is 13.1. The maximum Gasteiger partial charge on any atom is 0.274 e. The fourth-order valence-electron chi connectivity index (χ4n) is 6.11. The number of amides is 2. The van der Waals surface area contributed by atoms with Gasteiger partial charge in [-0.3, -0.25) is 14.0 Å². The minimum absolute atomic E-state index is 0.0759. The molecule has 3 aliphatic carbocycles. The van der Waals surface area contributed by atoms with E-state index in [2.05, 4.69) is 29.5 Å². The molecule has 31 heavy (non-hydrogen) atoms. The van der Waals surface area contributed by atoms with Gasteiger partial charge < -0.3 is 15.5 Å². The van der Waals surface area contributed by atoms with Gasteiger partial charge >= 0.3 is 0 Å². The number of fused-ring (bicyclic) bond motifs is 3. The zero-order valence-corrected chi connectivity index (χ0v) is 18.7. The van der Waals surface area contributed by atoms with E-state index in [-0.39, 0.29) is 17.9 Å². The van der Waals surface area contributed by atoms with Crippen molar-refractivity contribution in [3.05, 3.63) is 35.8 Å². The predicted molar refractivity (Wildman–Crippen MR) is 119 cm³/mol. The first-order valence-electron chi connectivity index (χ1n) is 11.6. The van der Waals surface area contributed by atoms with E-state index in [4.69, 9.17) is 0 Å². The summed E-state index contributed by atoms with van der Waals surface area (Å²) >= 11 is 0. The summed E-state index contributed by atoms with van der Waals surface area (Å²) in [6, 6.07) is 5.60. The highest BCUT2D eigenvalue weighted by atomic mass is 16.2. The Morgan fingerprint density at radius 2 is 2.13 bits per heavy atom. The van der Waals surface area contributed by atoms with E-state index in [0.717, 1.165) is 25.6 Å². The molecular formula is C24H33N5O2. The van der Waals surface area contributed by atoms with Crippen LogP contribution in [0.25, 0.3) is 5.65 Å². The topological polar surface area (TPSA) is 78.7 Å². The van der Waals surface area contributed by atoms with Crippen molar-refractivity contribution in [2.75, 3.05) is 26.2 Å². The van der Waals surface area contributed by atoms with Gasteiger partial charge in [0.1, 0.15) is 17.0 Å². The van der Waals surface area contributed by atoms with Gasteiger partial charge in [0.25, 0.3) is 11.8 Å². The summed E-state index contributed by atoms with van der Waals surface area (Å²) in [5.74, 6) is 1.95. The quantitative estimate of drug-likeness (QED) is 0.792. The second-order valence-electron chi connectivity index (χ2n) is 10.2. The Kier molecular flexibility index (Phi) is 5.04. The second-order valence-corrected chi connectivity index (χ2v) is 10.2. The molecule has 1 aliphatic heterocycles. The summed E-state index contributed by atoms with van der Waals surface area (Å²) in [6.07, 6.45) is 5.50. The van der Waals surface area contributed by atoms with Gasteiger partial charge in [0.15, 0.2) is 0 Å². The molecule has 166 valence electrons. The van der Waals surface area contributed by atoms with E-state index in [0.29, 0.717) is 40.8 Å². The number of nitrogens with zero attached hydrogens (tertiary/aromatic N) is 3. The lowest BCUT2D eigenvalue weighted by molar-refractivity contribution is -0.103. The van der Waals surface area contributed by atoms with Crippen LogP contribution < -0.4 is 10.6 Å². The second kappa shape index (κ2) is 7.62. The van der Waals surface area contributed by atoms with Crippen LogP contribution >= 0.6 is 0 Å². The number of imidazole rings is 1. The van der Waals surface area contributed by atoms with Gasteiger partial charge in [0, 0.05) is 38.4 Å². The first kappa shape index (κ1) is 20.5. The molecule has 2 amide bonds. The lowest BCUT2D eigenvalue weighted by atomic mass is 9.45. The molecule has 0 unspecified atom stereocenters. The number of hydrogen-bond acceptors (Lipinski definition) is 4. The zero-order chi connectivity index (χ0) is 21.8. The van der Waals surface area contributed by atoms with Crippen LogP contribution in [0, 0.1) is 23.2 Å². The van der Waals surface area contributed by atoms with E-state index >= 15 is 0 Å². The molecule has 1 saturated heterocycles. The van der Waals surface area contributed by atoms with Crippen molar-refractivity contribution >= 4 is 17.5 Å². The van der Waals surface area contributed by atoms with Gasteiger partial charge in [-0.2, -0.15) is 0 Å². The number of aromatic nitrogens is 2. The van der Waals surface area contributed by atoms with Crippen molar-refractivity contribution in [2.24, 2.45) is 23.2 Å². The Morgan fingerprint density at radius 1 is 1.29 bits per heavy atom. The van der Waals surface area contributed by atoms with Gasteiger partial charge in [-0.25, -0.2) is 4.98 Å². The molecule has 2 aromatic rings. The van der Waals surface area contributed by atoms with E-state index in [1.807, 2.05) is 24.0 Å². The molecule has 3 heterocycles. The van der Waals surface area contributed by atoms with Crippen molar-refractivity contribution in [1.29, 1.82) is 0 Å². The summed E-state index contributed by atoms with van der Waals surface area (Å²) in [6.45, 7) is 9.75.